The van der Waals surface area contributed by atoms with E-state index in [1.54, 1.807) is 0 Å². The van der Waals surface area contributed by atoms with Crippen molar-refractivity contribution in [2.75, 3.05) is 0 Å². The van der Waals surface area contributed by atoms with Gasteiger partial charge in [-0.25, -0.2) is 4.68 Å². The normalized spacial score (nSPS) is 14.4. The zero-order chi connectivity index (χ0) is 13.9. The molecule has 3 heteroatoms. The van der Waals surface area contributed by atoms with Crippen LogP contribution < -0.4 is 0 Å². The van der Waals surface area contributed by atoms with Crippen LogP contribution in [-0.2, 0) is 0 Å². The number of aryl methyl sites for hydroxylation is 1. The lowest BCUT2D eigenvalue weighted by atomic mass is 9.91. The highest BCUT2D eigenvalue weighted by Gasteiger charge is 2.09. The summed E-state index contributed by atoms with van der Waals surface area (Å²) in [4.78, 5) is 0. The number of aromatic nitrogens is 3. The van der Waals surface area contributed by atoms with Crippen LogP contribution in [0.15, 0.2) is 23.4 Å². The Hall–Kier alpha value is -1.38. The molecule has 0 bridgehead atoms. The second kappa shape index (κ2) is 5.98. The molecule has 0 aliphatic heterocycles. The third-order valence-electron chi connectivity index (χ3n) is 3.28. The maximum absolute atomic E-state index is 4.11. The van der Waals surface area contributed by atoms with Crippen LogP contribution in [0.25, 0.3) is 5.70 Å². The first-order chi connectivity index (χ1) is 8.32. The Kier molecular flexibility index (Phi) is 4.88. The van der Waals surface area contributed by atoms with E-state index in [4.69, 9.17) is 0 Å². The van der Waals surface area contributed by atoms with Gasteiger partial charge in [-0.15, -0.1) is 5.10 Å². The van der Waals surface area contributed by atoms with Gasteiger partial charge < -0.3 is 0 Å². The summed E-state index contributed by atoms with van der Waals surface area (Å²) < 4.78 is 1.84. The van der Waals surface area contributed by atoms with E-state index in [1.165, 1.54) is 11.1 Å². The molecule has 0 N–H and O–H groups in total. The average Bonchev–Trinajstić information content (AvgIpc) is 2.71. The fraction of sp³-hybridized carbons (Fsp3) is 0.600. The van der Waals surface area contributed by atoms with Crippen LogP contribution in [-0.4, -0.2) is 15.0 Å². The smallest absolute Gasteiger partial charge is 0.0800 e. The van der Waals surface area contributed by atoms with Gasteiger partial charge in [0, 0.05) is 5.70 Å². The minimum absolute atomic E-state index is 0.520. The molecule has 0 fully saturated rings. The third-order valence-corrected chi connectivity index (χ3v) is 3.28. The molecule has 0 amide bonds. The van der Waals surface area contributed by atoms with Gasteiger partial charge in [-0.05, 0) is 44.3 Å². The summed E-state index contributed by atoms with van der Waals surface area (Å²) in [6, 6.07) is 0. The van der Waals surface area contributed by atoms with Gasteiger partial charge in [-0.1, -0.05) is 38.5 Å². The Balaban J connectivity index is 3.14. The lowest BCUT2D eigenvalue weighted by Gasteiger charge is -2.16. The van der Waals surface area contributed by atoms with E-state index in [0.717, 1.165) is 11.4 Å². The topological polar surface area (TPSA) is 30.7 Å². The van der Waals surface area contributed by atoms with Crippen LogP contribution >= 0.6 is 0 Å². The monoisotopic (exact) mass is 247 g/mol. The van der Waals surface area contributed by atoms with Crippen molar-refractivity contribution < 1.29 is 0 Å². The van der Waals surface area contributed by atoms with Gasteiger partial charge in [-0.2, -0.15) is 0 Å². The minimum atomic E-state index is 0.520. The largest absolute Gasteiger partial charge is 0.225 e. The van der Waals surface area contributed by atoms with Crippen molar-refractivity contribution in [1.29, 1.82) is 0 Å². The Morgan fingerprint density at radius 3 is 2.17 bits per heavy atom. The standard InChI is InChI=1S/C15H25N3/c1-10(2)14(7)15(11(3)4)8-13(6)18-9-12(5)16-17-18/h8-11H,1-7H3/b13-8+,15-14-. The van der Waals surface area contributed by atoms with Crippen LogP contribution in [0.3, 0.4) is 0 Å². The molecule has 100 valence electrons. The van der Waals surface area contributed by atoms with E-state index < -0.39 is 0 Å². The molecule has 3 nitrogen and oxygen atoms in total. The molecule has 1 heterocycles. The summed E-state index contributed by atoms with van der Waals surface area (Å²) in [6.45, 7) is 15.2. The molecule has 0 saturated carbocycles. The number of allylic oxidation sites excluding steroid dienone is 4. The lowest BCUT2D eigenvalue weighted by Crippen LogP contribution is -2.03. The first-order valence-corrected chi connectivity index (χ1v) is 6.61. The third kappa shape index (κ3) is 3.56. The number of hydrogen-bond acceptors (Lipinski definition) is 2. The first-order valence-electron chi connectivity index (χ1n) is 6.61. The van der Waals surface area contributed by atoms with Crippen molar-refractivity contribution in [3.05, 3.63) is 29.1 Å². The number of nitrogens with zero attached hydrogens (tertiary/aromatic N) is 3. The summed E-state index contributed by atoms with van der Waals surface area (Å²) in [7, 11) is 0. The zero-order valence-electron chi connectivity index (χ0n) is 12.7. The number of rotatable bonds is 4. The van der Waals surface area contributed by atoms with Crippen molar-refractivity contribution in [3.8, 4) is 0 Å². The molecular weight excluding hydrogens is 222 g/mol. The maximum atomic E-state index is 4.11. The van der Waals surface area contributed by atoms with E-state index in [0.29, 0.717) is 11.8 Å². The molecular formula is C15H25N3. The SMILES string of the molecule is C/C(=C\C(=C(/C)C(C)C)C(C)C)n1cc(C)nn1. The molecule has 0 unspecified atom stereocenters. The Morgan fingerprint density at radius 2 is 1.78 bits per heavy atom. The van der Waals surface area contributed by atoms with Gasteiger partial charge in [0.2, 0.25) is 0 Å². The number of hydrogen-bond donors (Lipinski definition) is 0. The molecule has 0 aliphatic rings. The van der Waals surface area contributed by atoms with E-state index >= 15 is 0 Å². The van der Waals surface area contributed by atoms with E-state index in [2.05, 4.69) is 57.9 Å². The molecule has 1 aromatic heterocycles. The van der Waals surface area contributed by atoms with Crippen molar-refractivity contribution >= 4 is 5.70 Å². The zero-order valence-corrected chi connectivity index (χ0v) is 12.7. The molecule has 0 aromatic carbocycles. The molecule has 0 spiro atoms. The predicted octanol–water partition coefficient (Wildman–Crippen LogP) is 4.08. The van der Waals surface area contributed by atoms with Crippen molar-refractivity contribution in [3.63, 3.8) is 0 Å². The van der Waals surface area contributed by atoms with E-state index in [9.17, 15) is 0 Å². The second-order valence-corrected chi connectivity index (χ2v) is 5.54. The van der Waals surface area contributed by atoms with Crippen LogP contribution in [0, 0.1) is 18.8 Å². The summed E-state index contributed by atoms with van der Waals surface area (Å²) in [6.07, 6.45) is 4.18. The molecule has 0 saturated heterocycles. The van der Waals surface area contributed by atoms with Crippen molar-refractivity contribution in [1.82, 2.24) is 15.0 Å². The van der Waals surface area contributed by atoms with Crippen molar-refractivity contribution in [2.45, 2.75) is 48.5 Å². The van der Waals surface area contributed by atoms with E-state index in [-0.39, 0.29) is 0 Å². The fourth-order valence-corrected chi connectivity index (χ4v) is 1.88. The van der Waals surface area contributed by atoms with Crippen molar-refractivity contribution in [2.24, 2.45) is 11.8 Å². The summed E-state index contributed by atoms with van der Waals surface area (Å²) in [5, 5.41) is 8.13. The highest BCUT2D eigenvalue weighted by molar-refractivity contribution is 5.49. The Bertz CT molecular complexity index is 462. The highest BCUT2D eigenvalue weighted by atomic mass is 15.4. The molecule has 0 aliphatic carbocycles. The maximum Gasteiger partial charge on any atom is 0.0800 e. The van der Waals surface area contributed by atoms with Crippen LogP contribution in [0.4, 0.5) is 0 Å². The molecule has 1 aromatic rings. The van der Waals surface area contributed by atoms with Gasteiger partial charge in [-0.3, -0.25) is 0 Å². The van der Waals surface area contributed by atoms with Crippen LogP contribution in [0.1, 0.15) is 47.2 Å². The van der Waals surface area contributed by atoms with Gasteiger partial charge in [0.15, 0.2) is 0 Å². The first kappa shape index (κ1) is 14.7. The summed E-state index contributed by atoms with van der Waals surface area (Å²) >= 11 is 0. The highest BCUT2D eigenvalue weighted by Crippen LogP contribution is 2.24. The Morgan fingerprint density at radius 1 is 1.17 bits per heavy atom. The van der Waals surface area contributed by atoms with Gasteiger partial charge in [0.25, 0.3) is 0 Å². The molecule has 0 atom stereocenters. The fourth-order valence-electron chi connectivity index (χ4n) is 1.88. The molecule has 18 heavy (non-hydrogen) atoms. The van der Waals surface area contributed by atoms with Gasteiger partial charge in [0.1, 0.15) is 0 Å². The van der Waals surface area contributed by atoms with Crippen LogP contribution in [0.5, 0.6) is 0 Å². The lowest BCUT2D eigenvalue weighted by molar-refractivity contribution is 0.704. The quantitative estimate of drug-likeness (QED) is 0.751. The minimum Gasteiger partial charge on any atom is -0.225 e. The summed E-state index contributed by atoms with van der Waals surface area (Å²) in [5.41, 5.74) is 4.90. The molecule has 1 rings (SSSR count). The summed E-state index contributed by atoms with van der Waals surface area (Å²) in [5.74, 6) is 1.09. The van der Waals surface area contributed by atoms with Gasteiger partial charge >= 0.3 is 0 Å². The van der Waals surface area contributed by atoms with Crippen LogP contribution in [0.2, 0.25) is 0 Å². The molecule has 0 radical (unpaired) electrons. The average molecular weight is 247 g/mol. The Labute approximate surface area is 111 Å². The predicted molar refractivity (Wildman–Crippen MR) is 77.1 cm³/mol. The van der Waals surface area contributed by atoms with E-state index in [1.807, 2.05) is 17.8 Å². The second-order valence-electron chi connectivity index (χ2n) is 5.54. The van der Waals surface area contributed by atoms with Gasteiger partial charge in [0.05, 0.1) is 11.9 Å².